The quantitative estimate of drug-likeness (QED) is 0.752. The van der Waals surface area contributed by atoms with Crippen molar-refractivity contribution in [3.63, 3.8) is 0 Å². The van der Waals surface area contributed by atoms with Crippen LogP contribution in [0, 0.1) is 5.41 Å². The number of carboxylic acid groups (broad SMARTS) is 1. The third kappa shape index (κ3) is 2.53. The molecule has 1 atom stereocenters. The first-order valence-electron chi connectivity index (χ1n) is 8.75. The van der Waals surface area contributed by atoms with E-state index in [-0.39, 0.29) is 17.0 Å². The van der Waals surface area contributed by atoms with Crippen molar-refractivity contribution in [2.75, 3.05) is 7.11 Å². The number of benzene rings is 1. The summed E-state index contributed by atoms with van der Waals surface area (Å²) in [6.45, 7) is 6.85. The van der Waals surface area contributed by atoms with Gasteiger partial charge < -0.3 is 14.4 Å². The van der Waals surface area contributed by atoms with Crippen LogP contribution >= 0.6 is 0 Å². The van der Waals surface area contributed by atoms with E-state index in [4.69, 9.17) is 9.84 Å². The van der Waals surface area contributed by atoms with Gasteiger partial charge in [0.2, 0.25) is 0 Å². The predicted octanol–water partition coefficient (Wildman–Crippen LogP) is 3.17. The minimum atomic E-state index is -1.21. The summed E-state index contributed by atoms with van der Waals surface area (Å²) in [5.74, 6) is -0.550. The molecule has 1 N–H and O–H groups in total. The Morgan fingerprint density at radius 3 is 2.70 bits per heavy atom. The van der Waals surface area contributed by atoms with Crippen molar-refractivity contribution in [3.05, 3.63) is 46.2 Å². The molecule has 0 saturated heterocycles. The number of nitrogens with zero attached hydrogens (tertiary/aromatic N) is 3. The summed E-state index contributed by atoms with van der Waals surface area (Å²) in [5, 5.41) is 15.0. The molecule has 1 aliphatic rings. The fourth-order valence-corrected chi connectivity index (χ4v) is 3.79. The third-order valence-corrected chi connectivity index (χ3v) is 5.19. The summed E-state index contributed by atoms with van der Waals surface area (Å²) in [6, 6.07) is 7.03. The molecule has 0 fully saturated rings. The molecule has 0 aliphatic carbocycles. The molecule has 140 valence electrons. The normalized spacial score (nSPS) is 16.1. The van der Waals surface area contributed by atoms with Crippen molar-refractivity contribution in [2.24, 2.45) is 5.41 Å². The van der Waals surface area contributed by atoms with Gasteiger partial charge in [0, 0.05) is 17.6 Å². The summed E-state index contributed by atoms with van der Waals surface area (Å²) in [7, 11) is 1.60. The zero-order chi connectivity index (χ0) is 19.5. The van der Waals surface area contributed by atoms with Gasteiger partial charge in [0.05, 0.1) is 31.1 Å². The Morgan fingerprint density at radius 1 is 1.33 bits per heavy atom. The zero-order valence-electron chi connectivity index (χ0n) is 15.7. The van der Waals surface area contributed by atoms with Crippen LogP contribution in [0.5, 0.6) is 5.75 Å². The highest BCUT2D eigenvalue weighted by Crippen LogP contribution is 2.42. The molecule has 0 bridgehead atoms. The number of fused-ring (bicyclic) bond motifs is 5. The van der Waals surface area contributed by atoms with Gasteiger partial charge in [0.25, 0.3) is 0 Å². The van der Waals surface area contributed by atoms with Crippen LogP contribution < -0.4 is 10.2 Å². The smallest absolute Gasteiger partial charge is 0.341 e. The molecule has 7 nitrogen and oxygen atoms in total. The van der Waals surface area contributed by atoms with Crippen LogP contribution in [0.2, 0.25) is 0 Å². The average Bonchev–Trinajstić information content (AvgIpc) is 2.98. The molecule has 0 amide bonds. The second kappa shape index (κ2) is 5.70. The topological polar surface area (TPSA) is 86.3 Å². The molecule has 1 aromatic carbocycles. The first kappa shape index (κ1) is 17.3. The number of ether oxygens (including phenoxy) is 1. The number of rotatable bonds is 2. The van der Waals surface area contributed by atoms with Gasteiger partial charge in [-0.05, 0) is 11.5 Å². The van der Waals surface area contributed by atoms with Crippen LogP contribution in [0.25, 0.3) is 22.3 Å². The molecule has 1 unspecified atom stereocenters. The van der Waals surface area contributed by atoms with Crippen LogP contribution in [0.1, 0.15) is 37.2 Å². The molecule has 7 heteroatoms. The van der Waals surface area contributed by atoms with Crippen LogP contribution in [0.3, 0.4) is 0 Å². The maximum absolute atomic E-state index is 12.4. The minimum absolute atomic E-state index is 0.0565. The molecule has 2 aromatic heterocycles. The molecule has 27 heavy (non-hydrogen) atoms. The number of carboxylic acids is 1. The van der Waals surface area contributed by atoms with Gasteiger partial charge in [-0.1, -0.05) is 32.9 Å². The summed E-state index contributed by atoms with van der Waals surface area (Å²) >= 11 is 0. The van der Waals surface area contributed by atoms with Gasteiger partial charge in [-0.3, -0.25) is 9.48 Å². The number of aromatic nitrogens is 3. The highest BCUT2D eigenvalue weighted by atomic mass is 16.5. The van der Waals surface area contributed by atoms with E-state index in [1.807, 2.05) is 27.4 Å². The van der Waals surface area contributed by atoms with Crippen molar-refractivity contribution in [1.29, 1.82) is 0 Å². The highest BCUT2D eigenvalue weighted by molar-refractivity contribution is 5.96. The Kier molecular flexibility index (Phi) is 3.66. The lowest BCUT2D eigenvalue weighted by molar-refractivity contribution is 0.0693. The van der Waals surface area contributed by atoms with E-state index < -0.39 is 11.4 Å². The number of pyridine rings is 1. The Balaban J connectivity index is 2.09. The van der Waals surface area contributed by atoms with Gasteiger partial charge in [-0.15, -0.1) is 0 Å². The maximum Gasteiger partial charge on any atom is 0.341 e. The zero-order valence-corrected chi connectivity index (χ0v) is 15.7. The number of hydrogen-bond donors (Lipinski definition) is 1. The van der Waals surface area contributed by atoms with Gasteiger partial charge in [0.1, 0.15) is 16.8 Å². The fourth-order valence-electron chi connectivity index (χ4n) is 3.79. The van der Waals surface area contributed by atoms with Crippen molar-refractivity contribution >= 4 is 16.9 Å². The van der Waals surface area contributed by atoms with E-state index in [0.717, 1.165) is 16.6 Å². The molecular formula is C20H21N3O4. The Labute approximate surface area is 155 Å². The van der Waals surface area contributed by atoms with E-state index in [9.17, 15) is 14.7 Å². The summed E-state index contributed by atoms with van der Waals surface area (Å²) in [5.41, 5.74) is 1.31. The van der Waals surface area contributed by atoms with Crippen molar-refractivity contribution < 1.29 is 14.6 Å². The lowest BCUT2D eigenvalue weighted by Gasteiger charge is -2.38. The van der Waals surface area contributed by atoms with Crippen LogP contribution in [-0.2, 0) is 6.54 Å². The molecule has 3 heterocycles. The average molecular weight is 367 g/mol. The number of aromatic carboxylic acids is 1. The van der Waals surface area contributed by atoms with Crippen LogP contribution in [0.4, 0.5) is 0 Å². The van der Waals surface area contributed by atoms with E-state index >= 15 is 0 Å². The van der Waals surface area contributed by atoms with E-state index in [1.54, 1.807) is 7.11 Å². The Hall–Kier alpha value is -3.09. The highest BCUT2D eigenvalue weighted by Gasteiger charge is 2.35. The Morgan fingerprint density at radius 2 is 2.07 bits per heavy atom. The summed E-state index contributed by atoms with van der Waals surface area (Å²) in [6.07, 6.45) is 1.47. The van der Waals surface area contributed by atoms with Crippen molar-refractivity contribution in [3.8, 4) is 17.1 Å². The summed E-state index contributed by atoms with van der Waals surface area (Å²) in [4.78, 5) is 23.9. The molecular weight excluding hydrogens is 346 g/mol. The lowest BCUT2D eigenvalue weighted by Crippen LogP contribution is -2.35. The standard InChI is InChI=1S/C20H21N3O4/c1-20(2,3)16-10-23-18(11-6-5-7-15(27-4)17(11)21-23)13-8-14(24)12(19(25)26)9-22(13)16/h5-9,16H,10H2,1-4H3,(H,25,26). The summed E-state index contributed by atoms with van der Waals surface area (Å²) < 4.78 is 9.26. The third-order valence-electron chi connectivity index (χ3n) is 5.19. The SMILES string of the molecule is COc1cccc2c3n(nc12)CC(C(C)(C)C)n1cc(C(=O)O)c(=O)cc1-3. The van der Waals surface area contributed by atoms with Gasteiger partial charge in [-0.2, -0.15) is 5.10 Å². The number of hydrogen-bond acceptors (Lipinski definition) is 4. The monoisotopic (exact) mass is 367 g/mol. The van der Waals surface area contributed by atoms with E-state index in [2.05, 4.69) is 20.8 Å². The largest absolute Gasteiger partial charge is 0.494 e. The lowest BCUT2D eigenvalue weighted by atomic mass is 9.85. The second-order valence-corrected chi connectivity index (χ2v) is 7.92. The second-order valence-electron chi connectivity index (χ2n) is 7.92. The van der Waals surface area contributed by atoms with Crippen LogP contribution in [0.15, 0.2) is 35.3 Å². The fraction of sp³-hybridized carbons (Fsp3) is 0.350. The minimum Gasteiger partial charge on any atom is -0.494 e. The van der Waals surface area contributed by atoms with Crippen molar-refractivity contribution in [1.82, 2.24) is 14.3 Å². The molecule has 0 radical (unpaired) electrons. The van der Waals surface area contributed by atoms with Gasteiger partial charge in [-0.25, -0.2) is 4.79 Å². The Bertz CT molecular complexity index is 1130. The first-order valence-corrected chi connectivity index (χ1v) is 8.75. The van der Waals surface area contributed by atoms with E-state index in [0.29, 0.717) is 18.0 Å². The molecule has 0 spiro atoms. The molecule has 4 rings (SSSR count). The maximum atomic E-state index is 12.4. The van der Waals surface area contributed by atoms with Crippen LogP contribution in [-0.4, -0.2) is 32.5 Å². The first-order chi connectivity index (χ1) is 12.7. The van der Waals surface area contributed by atoms with Crippen molar-refractivity contribution in [2.45, 2.75) is 33.4 Å². The van der Waals surface area contributed by atoms with Gasteiger partial charge in [0.15, 0.2) is 5.43 Å². The number of methoxy groups -OCH3 is 1. The predicted molar refractivity (Wildman–Crippen MR) is 101 cm³/mol. The molecule has 3 aromatic rings. The number of carbonyl (C=O) groups is 1. The molecule has 0 saturated carbocycles. The van der Waals surface area contributed by atoms with Gasteiger partial charge >= 0.3 is 5.97 Å². The van der Waals surface area contributed by atoms with E-state index in [1.165, 1.54) is 12.3 Å². The molecule has 1 aliphatic heterocycles.